The standard InChI is InChI=1S/C14H22N4O/c1-3-7-18(4-2)14(19)11-16-10-13-8-12(9-15)5-6-17-13/h5-6,8-9,15-16H,3-4,7,10-11H2,1-2H3. The summed E-state index contributed by atoms with van der Waals surface area (Å²) < 4.78 is 0. The van der Waals surface area contributed by atoms with E-state index in [9.17, 15) is 4.79 Å². The van der Waals surface area contributed by atoms with Crippen molar-refractivity contribution in [3.05, 3.63) is 29.6 Å². The van der Waals surface area contributed by atoms with Crippen LogP contribution in [0.25, 0.3) is 0 Å². The summed E-state index contributed by atoms with van der Waals surface area (Å²) >= 11 is 0. The Kier molecular flexibility index (Phi) is 6.74. The van der Waals surface area contributed by atoms with Gasteiger partial charge in [-0.2, -0.15) is 0 Å². The quantitative estimate of drug-likeness (QED) is 0.696. The Morgan fingerprint density at radius 2 is 2.32 bits per heavy atom. The minimum atomic E-state index is 0.118. The Morgan fingerprint density at radius 3 is 2.95 bits per heavy atom. The molecule has 0 aliphatic carbocycles. The van der Waals surface area contributed by atoms with Crippen LogP contribution in [-0.4, -0.2) is 41.6 Å². The minimum Gasteiger partial charge on any atom is -0.342 e. The summed E-state index contributed by atoms with van der Waals surface area (Å²) in [6.07, 6.45) is 3.94. The van der Waals surface area contributed by atoms with Gasteiger partial charge in [-0.15, -0.1) is 0 Å². The van der Waals surface area contributed by atoms with Crippen LogP contribution in [0.1, 0.15) is 31.5 Å². The van der Waals surface area contributed by atoms with Crippen molar-refractivity contribution >= 4 is 12.1 Å². The fourth-order valence-corrected chi connectivity index (χ4v) is 1.82. The summed E-state index contributed by atoms with van der Waals surface area (Å²) in [5, 5.41) is 10.3. The van der Waals surface area contributed by atoms with E-state index in [1.807, 2.05) is 17.9 Å². The van der Waals surface area contributed by atoms with Gasteiger partial charge in [-0.25, -0.2) is 0 Å². The number of aromatic nitrogens is 1. The van der Waals surface area contributed by atoms with Gasteiger partial charge >= 0.3 is 0 Å². The van der Waals surface area contributed by atoms with Gasteiger partial charge in [0.1, 0.15) is 0 Å². The smallest absolute Gasteiger partial charge is 0.236 e. The molecule has 2 N–H and O–H groups in total. The molecule has 19 heavy (non-hydrogen) atoms. The first kappa shape index (κ1) is 15.3. The zero-order valence-electron chi connectivity index (χ0n) is 11.6. The number of hydrogen-bond donors (Lipinski definition) is 2. The van der Waals surface area contributed by atoms with E-state index < -0.39 is 0 Å². The van der Waals surface area contributed by atoms with Crippen LogP contribution in [0.3, 0.4) is 0 Å². The summed E-state index contributed by atoms with van der Waals surface area (Å²) in [5.41, 5.74) is 1.66. The lowest BCUT2D eigenvalue weighted by atomic mass is 10.2. The van der Waals surface area contributed by atoms with Crippen LogP contribution < -0.4 is 5.32 Å². The van der Waals surface area contributed by atoms with Crippen LogP contribution in [0.5, 0.6) is 0 Å². The fourth-order valence-electron chi connectivity index (χ4n) is 1.82. The molecule has 0 atom stereocenters. The number of pyridine rings is 1. The number of hydrogen-bond acceptors (Lipinski definition) is 4. The zero-order chi connectivity index (χ0) is 14.1. The van der Waals surface area contributed by atoms with E-state index >= 15 is 0 Å². The van der Waals surface area contributed by atoms with Crippen molar-refractivity contribution in [3.8, 4) is 0 Å². The third-order valence-corrected chi connectivity index (χ3v) is 2.82. The van der Waals surface area contributed by atoms with Gasteiger partial charge < -0.3 is 15.6 Å². The Labute approximate surface area is 114 Å². The number of nitrogens with zero attached hydrogens (tertiary/aromatic N) is 2. The highest BCUT2D eigenvalue weighted by atomic mass is 16.2. The molecule has 0 fully saturated rings. The Bertz CT molecular complexity index is 420. The van der Waals surface area contributed by atoms with Gasteiger partial charge in [0.15, 0.2) is 0 Å². The molecule has 0 unspecified atom stereocenters. The molecule has 1 amide bonds. The van der Waals surface area contributed by atoms with Gasteiger partial charge in [0.2, 0.25) is 5.91 Å². The van der Waals surface area contributed by atoms with Crippen molar-refractivity contribution in [2.75, 3.05) is 19.6 Å². The number of amides is 1. The van der Waals surface area contributed by atoms with Crippen LogP contribution >= 0.6 is 0 Å². The van der Waals surface area contributed by atoms with Crippen molar-refractivity contribution in [1.82, 2.24) is 15.2 Å². The highest BCUT2D eigenvalue weighted by Crippen LogP contribution is 1.99. The molecule has 1 aromatic heterocycles. The molecule has 0 saturated carbocycles. The highest BCUT2D eigenvalue weighted by Gasteiger charge is 2.09. The summed E-state index contributed by atoms with van der Waals surface area (Å²) in [4.78, 5) is 17.9. The molecule has 5 heteroatoms. The van der Waals surface area contributed by atoms with Gasteiger partial charge in [-0.05, 0) is 31.0 Å². The highest BCUT2D eigenvalue weighted by molar-refractivity contribution is 5.78. The molecule has 0 bridgehead atoms. The average molecular weight is 262 g/mol. The van der Waals surface area contributed by atoms with E-state index in [1.165, 1.54) is 6.21 Å². The van der Waals surface area contributed by atoms with Crippen molar-refractivity contribution in [2.45, 2.75) is 26.8 Å². The first-order valence-corrected chi connectivity index (χ1v) is 6.65. The third kappa shape index (κ3) is 5.18. The van der Waals surface area contributed by atoms with Gasteiger partial charge in [0, 0.05) is 32.0 Å². The van der Waals surface area contributed by atoms with E-state index in [0.29, 0.717) is 13.1 Å². The van der Waals surface area contributed by atoms with E-state index in [1.54, 1.807) is 12.3 Å². The second kappa shape index (κ2) is 8.37. The predicted octanol–water partition coefficient (Wildman–Crippen LogP) is 1.43. The predicted molar refractivity (Wildman–Crippen MR) is 76.4 cm³/mol. The second-order valence-electron chi connectivity index (χ2n) is 4.30. The molecule has 1 rings (SSSR count). The lowest BCUT2D eigenvalue weighted by Gasteiger charge is -2.20. The summed E-state index contributed by atoms with van der Waals surface area (Å²) in [5.74, 6) is 0.118. The largest absolute Gasteiger partial charge is 0.342 e. The number of carbonyl (C=O) groups is 1. The lowest BCUT2D eigenvalue weighted by Crippen LogP contribution is -2.38. The number of likely N-dealkylation sites (N-methyl/N-ethyl adjacent to an activating group) is 1. The first-order valence-electron chi connectivity index (χ1n) is 6.65. The summed E-state index contributed by atoms with van der Waals surface area (Å²) in [7, 11) is 0. The van der Waals surface area contributed by atoms with Crippen molar-refractivity contribution in [3.63, 3.8) is 0 Å². The van der Waals surface area contributed by atoms with Crippen LogP contribution in [0.4, 0.5) is 0 Å². The van der Waals surface area contributed by atoms with E-state index in [-0.39, 0.29) is 5.91 Å². The molecule has 0 saturated heterocycles. The molecule has 0 aliphatic heterocycles. The second-order valence-corrected chi connectivity index (χ2v) is 4.30. The van der Waals surface area contributed by atoms with Crippen LogP contribution in [0.2, 0.25) is 0 Å². The Morgan fingerprint density at radius 1 is 1.53 bits per heavy atom. The maximum atomic E-state index is 11.9. The molecular weight excluding hydrogens is 240 g/mol. The van der Waals surface area contributed by atoms with Gasteiger partial charge in [0.05, 0.1) is 12.2 Å². The molecule has 0 aromatic carbocycles. The molecule has 1 aromatic rings. The Balaban J connectivity index is 2.40. The summed E-state index contributed by atoms with van der Waals surface area (Å²) in [6.45, 7) is 6.47. The minimum absolute atomic E-state index is 0.118. The summed E-state index contributed by atoms with van der Waals surface area (Å²) in [6, 6.07) is 3.62. The van der Waals surface area contributed by atoms with Gasteiger partial charge in [0.25, 0.3) is 0 Å². The van der Waals surface area contributed by atoms with E-state index in [4.69, 9.17) is 5.41 Å². The maximum absolute atomic E-state index is 11.9. The topological polar surface area (TPSA) is 69.1 Å². The fraction of sp³-hybridized carbons (Fsp3) is 0.500. The SMILES string of the molecule is CCCN(CC)C(=O)CNCc1cc(C=N)ccn1. The van der Waals surface area contributed by atoms with Gasteiger partial charge in [-0.1, -0.05) is 6.92 Å². The van der Waals surface area contributed by atoms with Crippen LogP contribution in [0.15, 0.2) is 18.3 Å². The van der Waals surface area contributed by atoms with E-state index in [0.717, 1.165) is 30.8 Å². The lowest BCUT2D eigenvalue weighted by molar-refractivity contribution is -0.130. The zero-order valence-corrected chi connectivity index (χ0v) is 11.6. The number of rotatable bonds is 8. The normalized spacial score (nSPS) is 10.2. The first-order chi connectivity index (χ1) is 9.21. The molecule has 5 nitrogen and oxygen atoms in total. The number of carbonyl (C=O) groups excluding carboxylic acids is 1. The molecule has 0 aliphatic rings. The van der Waals surface area contributed by atoms with Crippen LogP contribution in [0, 0.1) is 5.41 Å². The van der Waals surface area contributed by atoms with Crippen LogP contribution in [-0.2, 0) is 11.3 Å². The monoisotopic (exact) mass is 262 g/mol. The molecule has 1 heterocycles. The van der Waals surface area contributed by atoms with Crippen molar-refractivity contribution in [2.24, 2.45) is 0 Å². The molecule has 0 radical (unpaired) electrons. The van der Waals surface area contributed by atoms with Crippen molar-refractivity contribution in [1.29, 1.82) is 5.41 Å². The number of nitrogens with one attached hydrogen (secondary N) is 2. The Hall–Kier alpha value is -1.75. The molecule has 0 spiro atoms. The maximum Gasteiger partial charge on any atom is 0.236 e. The van der Waals surface area contributed by atoms with E-state index in [2.05, 4.69) is 17.2 Å². The molecular formula is C14H22N4O. The average Bonchev–Trinajstić information content (AvgIpc) is 2.44. The van der Waals surface area contributed by atoms with Gasteiger partial charge in [-0.3, -0.25) is 9.78 Å². The molecule has 104 valence electrons. The third-order valence-electron chi connectivity index (χ3n) is 2.82. The van der Waals surface area contributed by atoms with Crippen molar-refractivity contribution < 1.29 is 4.79 Å².